The van der Waals surface area contributed by atoms with Gasteiger partial charge in [0.1, 0.15) is 0 Å². The second kappa shape index (κ2) is 1.47. The Kier molecular flexibility index (Phi) is 1.69. The lowest BCUT2D eigenvalue weighted by Gasteiger charge is -1.91. The van der Waals surface area contributed by atoms with E-state index in [9.17, 15) is 0 Å². The summed E-state index contributed by atoms with van der Waals surface area (Å²) in [5, 5.41) is 0. The van der Waals surface area contributed by atoms with E-state index in [-0.39, 0.29) is 0 Å². The van der Waals surface area contributed by atoms with Crippen molar-refractivity contribution in [1.82, 2.24) is 0 Å². The highest BCUT2D eigenvalue weighted by atomic mass is 35.7. The van der Waals surface area contributed by atoms with Gasteiger partial charge in [-0.25, -0.2) is 0 Å². The molecule has 0 aromatic heterocycles. The van der Waals surface area contributed by atoms with E-state index in [1.807, 2.05) is 0 Å². The first-order valence-electron chi connectivity index (χ1n) is 1.10. The highest BCUT2D eigenvalue weighted by Gasteiger charge is 2.13. The molecule has 0 fully saturated rings. The third-order valence-corrected chi connectivity index (χ3v) is 0. The highest BCUT2D eigenvalue weighted by Crippen LogP contribution is 2.06. The van der Waals surface area contributed by atoms with Gasteiger partial charge >= 0.3 is 6.94 Å². The van der Waals surface area contributed by atoms with Gasteiger partial charge in [-0.15, -0.1) is 22.2 Å². The van der Waals surface area contributed by atoms with Crippen molar-refractivity contribution in [3.05, 3.63) is 0 Å². The quantitative estimate of drug-likeness (QED) is 0.384. The summed E-state index contributed by atoms with van der Waals surface area (Å²) in [5.41, 5.74) is 0. The topological polar surface area (TPSA) is 20.2 Å². The Morgan fingerprint density at radius 1 is 1.60 bits per heavy atom. The molecule has 1 nitrogen and oxygen atoms in total. The van der Waals surface area contributed by atoms with Crippen molar-refractivity contribution in [2.45, 2.75) is 6.55 Å². The molecule has 0 heterocycles. The molecular formula is CH4Cl2OSi. The molecular weight excluding hydrogens is 127 g/mol. The Hall–Kier alpha value is 0.757. The van der Waals surface area contributed by atoms with E-state index in [1.54, 1.807) is 0 Å². The van der Waals surface area contributed by atoms with E-state index in [0.29, 0.717) is 0 Å². The second-order valence-corrected chi connectivity index (χ2v) is 7.52. The predicted octanol–water partition coefficient (Wildman–Crippen LogP) is 1.02. The van der Waals surface area contributed by atoms with Crippen molar-refractivity contribution >= 4 is 29.1 Å². The van der Waals surface area contributed by atoms with Gasteiger partial charge in [0, 0.05) is 0 Å². The third kappa shape index (κ3) is 63.1. The van der Waals surface area contributed by atoms with E-state index < -0.39 is 6.94 Å². The maximum Gasteiger partial charge on any atom is 0.383 e. The smallest absolute Gasteiger partial charge is 0.383 e. The molecule has 0 aromatic rings. The average Bonchev–Trinajstić information content (AvgIpc) is 0.722. The predicted molar refractivity (Wildman–Crippen MR) is 25.5 cm³/mol. The molecule has 4 heteroatoms. The van der Waals surface area contributed by atoms with Gasteiger partial charge in [0.05, 0.1) is 0 Å². The molecule has 1 N–H and O–H groups in total. The van der Waals surface area contributed by atoms with E-state index in [4.69, 9.17) is 27.0 Å². The van der Waals surface area contributed by atoms with Crippen molar-refractivity contribution < 1.29 is 4.80 Å². The second-order valence-electron chi connectivity index (χ2n) is 0.842. The van der Waals surface area contributed by atoms with Crippen LogP contribution in [-0.4, -0.2) is 11.7 Å². The lowest BCUT2D eigenvalue weighted by Crippen LogP contribution is -2.09. The zero-order valence-corrected chi connectivity index (χ0v) is 5.22. The Bertz CT molecular complexity index is 25.1. The Balaban J connectivity index is 3.02. The maximum absolute atomic E-state index is 8.19. The Morgan fingerprint density at radius 3 is 1.60 bits per heavy atom. The van der Waals surface area contributed by atoms with Crippen molar-refractivity contribution in [3.63, 3.8) is 0 Å². The van der Waals surface area contributed by atoms with Crippen LogP contribution in [-0.2, 0) is 0 Å². The van der Waals surface area contributed by atoms with Gasteiger partial charge in [-0.2, -0.15) is 0 Å². The Labute approximate surface area is 41.1 Å². The molecule has 0 amide bonds. The first-order chi connectivity index (χ1) is 2.00. The minimum absolute atomic E-state index is 1.41. The van der Waals surface area contributed by atoms with E-state index >= 15 is 0 Å². The third-order valence-electron chi connectivity index (χ3n) is 0. The maximum atomic E-state index is 8.19. The van der Waals surface area contributed by atoms with Gasteiger partial charge in [0.2, 0.25) is 0 Å². The van der Waals surface area contributed by atoms with Crippen molar-refractivity contribution in [3.8, 4) is 0 Å². The van der Waals surface area contributed by atoms with E-state index in [0.717, 1.165) is 0 Å². The van der Waals surface area contributed by atoms with Crippen molar-refractivity contribution in [2.24, 2.45) is 0 Å². The summed E-state index contributed by atoms with van der Waals surface area (Å²) in [5.74, 6) is 0. The molecule has 0 saturated carbocycles. The van der Waals surface area contributed by atoms with Crippen LogP contribution in [0, 0.1) is 0 Å². The zero-order chi connectivity index (χ0) is 4.50. The zero-order valence-electron chi connectivity index (χ0n) is 2.70. The van der Waals surface area contributed by atoms with Crippen LogP contribution in [0.2, 0.25) is 6.55 Å². The summed E-state index contributed by atoms with van der Waals surface area (Å²) < 4.78 is 0. The molecule has 0 unspecified atom stereocenters. The summed E-state index contributed by atoms with van der Waals surface area (Å²) in [4.78, 5) is 8.19. The van der Waals surface area contributed by atoms with Crippen LogP contribution in [0.15, 0.2) is 0 Å². The monoisotopic (exact) mass is 130 g/mol. The number of rotatable bonds is 0. The van der Waals surface area contributed by atoms with Crippen LogP contribution in [0.5, 0.6) is 0 Å². The fourth-order valence-electron chi connectivity index (χ4n) is 0. The highest BCUT2D eigenvalue weighted by molar-refractivity contribution is 7.41. The molecule has 32 valence electrons. The van der Waals surface area contributed by atoms with Crippen molar-refractivity contribution in [2.75, 3.05) is 0 Å². The first-order valence-corrected chi connectivity index (χ1v) is 5.57. The van der Waals surface area contributed by atoms with Gasteiger partial charge in [-0.1, -0.05) is 0 Å². The van der Waals surface area contributed by atoms with Gasteiger partial charge in [0.15, 0.2) is 0 Å². The van der Waals surface area contributed by atoms with Gasteiger partial charge in [-0.3, -0.25) is 0 Å². The van der Waals surface area contributed by atoms with Gasteiger partial charge in [-0.05, 0) is 6.55 Å². The molecule has 0 radical (unpaired) electrons. The number of hydrogen-bond acceptors (Lipinski definition) is 1. The fourth-order valence-corrected chi connectivity index (χ4v) is 0. The summed E-state index contributed by atoms with van der Waals surface area (Å²) >= 11 is 9.98. The summed E-state index contributed by atoms with van der Waals surface area (Å²) in [6, 6.07) is 0. The normalized spacial score (nSPS) is 12.0. The molecule has 0 bridgehead atoms. The SMILES string of the molecule is C[Si](O)(Cl)Cl. The van der Waals surface area contributed by atoms with Crippen LogP contribution in [0.4, 0.5) is 0 Å². The molecule has 0 aliphatic rings. The van der Waals surface area contributed by atoms with Crippen LogP contribution >= 0.6 is 22.2 Å². The van der Waals surface area contributed by atoms with Crippen molar-refractivity contribution in [1.29, 1.82) is 0 Å². The minimum Gasteiger partial charge on any atom is -0.409 e. The van der Waals surface area contributed by atoms with E-state index in [2.05, 4.69) is 0 Å². The molecule has 0 aliphatic heterocycles. The summed E-state index contributed by atoms with van der Waals surface area (Å²) in [6.07, 6.45) is 0. The lowest BCUT2D eigenvalue weighted by atomic mass is 11.9. The Morgan fingerprint density at radius 2 is 1.60 bits per heavy atom. The standard InChI is InChI=1S/CH4Cl2OSi/c1-5(2,3)4/h4H,1H3. The molecule has 0 saturated heterocycles. The van der Waals surface area contributed by atoms with Crippen LogP contribution in [0.3, 0.4) is 0 Å². The largest absolute Gasteiger partial charge is 0.409 e. The molecule has 0 aliphatic carbocycles. The first kappa shape index (κ1) is 5.76. The van der Waals surface area contributed by atoms with Crippen LogP contribution in [0.25, 0.3) is 0 Å². The van der Waals surface area contributed by atoms with Gasteiger partial charge < -0.3 is 4.80 Å². The minimum atomic E-state index is -2.67. The number of halogens is 2. The summed E-state index contributed by atoms with van der Waals surface area (Å²) in [6.45, 7) is -1.25. The van der Waals surface area contributed by atoms with E-state index in [1.165, 1.54) is 6.55 Å². The number of hydrogen-bond donors (Lipinski definition) is 1. The van der Waals surface area contributed by atoms with Crippen LogP contribution in [0.1, 0.15) is 0 Å². The average molecular weight is 131 g/mol. The molecule has 0 atom stereocenters. The molecule has 5 heavy (non-hydrogen) atoms. The van der Waals surface area contributed by atoms with Crippen LogP contribution < -0.4 is 0 Å². The molecule has 0 aromatic carbocycles. The van der Waals surface area contributed by atoms with Gasteiger partial charge in [0.25, 0.3) is 0 Å². The summed E-state index contributed by atoms with van der Waals surface area (Å²) in [7, 11) is 0. The molecule has 0 spiro atoms. The lowest BCUT2D eigenvalue weighted by molar-refractivity contribution is 0.592. The molecule has 0 rings (SSSR count). The fraction of sp³-hybridized carbons (Fsp3) is 1.00.